The summed E-state index contributed by atoms with van der Waals surface area (Å²) in [4.78, 5) is 32.1. The fourth-order valence-corrected chi connectivity index (χ4v) is 2.24. The van der Waals surface area contributed by atoms with Gasteiger partial charge in [0.05, 0.1) is 12.1 Å². The van der Waals surface area contributed by atoms with Crippen molar-refractivity contribution in [3.63, 3.8) is 0 Å². The van der Waals surface area contributed by atoms with Crippen LogP contribution in [0.5, 0.6) is 5.75 Å². The SMILES string of the molecule is Nc1ccc(OC(F)(F)F)cc1C(=O)NCC(=O)N[C@@H]1CCNC1.O=[N+]([O-])O. The highest BCUT2D eigenvalue weighted by Gasteiger charge is 2.31. The molecule has 1 fully saturated rings. The lowest BCUT2D eigenvalue weighted by Gasteiger charge is -2.13. The Morgan fingerprint density at radius 3 is 2.61 bits per heavy atom. The Bertz CT molecular complexity index is 705. The van der Waals surface area contributed by atoms with Crippen LogP contribution in [0.4, 0.5) is 18.9 Å². The van der Waals surface area contributed by atoms with E-state index in [9.17, 15) is 22.8 Å². The van der Waals surface area contributed by atoms with Crippen LogP contribution in [-0.4, -0.2) is 54.1 Å². The molecular formula is C14H18F3N5O6. The number of hydrogen-bond acceptors (Lipinski definition) is 7. The summed E-state index contributed by atoms with van der Waals surface area (Å²) in [6.07, 6.45) is -4.08. The van der Waals surface area contributed by atoms with E-state index >= 15 is 0 Å². The highest BCUT2D eigenvalue weighted by atomic mass is 19.4. The topological polar surface area (TPSA) is 169 Å². The molecule has 1 aliphatic heterocycles. The Balaban J connectivity index is 0.000000892. The van der Waals surface area contributed by atoms with Crippen LogP contribution in [0.1, 0.15) is 16.8 Å². The summed E-state index contributed by atoms with van der Waals surface area (Å²) in [7, 11) is 0. The summed E-state index contributed by atoms with van der Waals surface area (Å²) in [6, 6.07) is 3.00. The van der Waals surface area contributed by atoms with Crippen molar-refractivity contribution in [1.82, 2.24) is 16.0 Å². The van der Waals surface area contributed by atoms with Crippen LogP contribution < -0.4 is 26.4 Å². The third-order valence-corrected chi connectivity index (χ3v) is 3.34. The maximum Gasteiger partial charge on any atom is 0.573 e. The third kappa shape index (κ3) is 8.88. The highest BCUT2D eigenvalue weighted by molar-refractivity contribution is 6.01. The second-order valence-electron chi connectivity index (χ2n) is 5.47. The molecule has 1 saturated heterocycles. The first-order valence-corrected chi connectivity index (χ1v) is 7.74. The Hall–Kier alpha value is -3.29. The second kappa shape index (κ2) is 10.1. The van der Waals surface area contributed by atoms with Crippen LogP contribution in [0.2, 0.25) is 0 Å². The average Bonchev–Trinajstić information content (AvgIpc) is 3.05. The Labute approximate surface area is 156 Å². The van der Waals surface area contributed by atoms with Gasteiger partial charge in [-0.05, 0) is 31.2 Å². The van der Waals surface area contributed by atoms with E-state index in [-0.39, 0.29) is 23.8 Å². The van der Waals surface area contributed by atoms with Crippen molar-refractivity contribution in [3.05, 3.63) is 33.9 Å². The van der Waals surface area contributed by atoms with E-state index in [2.05, 4.69) is 20.7 Å². The zero-order chi connectivity index (χ0) is 21.3. The molecule has 0 spiro atoms. The number of nitrogens with two attached hydrogens (primary N) is 1. The van der Waals surface area contributed by atoms with Gasteiger partial charge in [0.1, 0.15) is 5.75 Å². The number of amides is 2. The fraction of sp³-hybridized carbons (Fsp3) is 0.429. The van der Waals surface area contributed by atoms with Crippen molar-refractivity contribution in [1.29, 1.82) is 0 Å². The number of ether oxygens (including phenoxy) is 1. The monoisotopic (exact) mass is 409 g/mol. The Morgan fingerprint density at radius 2 is 2.07 bits per heavy atom. The van der Waals surface area contributed by atoms with Crippen molar-refractivity contribution in [2.75, 3.05) is 25.4 Å². The molecule has 1 atom stereocenters. The number of carbonyl (C=O) groups is 2. The van der Waals surface area contributed by atoms with Gasteiger partial charge in [0.2, 0.25) is 5.91 Å². The standard InChI is InChI=1S/C14H17F3N4O3.HNO3/c15-14(16,17)24-9-1-2-11(18)10(5-9)13(23)20-7-12(22)21-8-3-4-19-6-8;2-1(3)4/h1-2,5,8,19H,3-4,6-7,18H2,(H,20,23)(H,21,22);(H,2,3,4)/t8-;/m1./s1. The van der Waals surface area contributed by atoms with Gasteiger partial charge in [-0.1, -0.05) is 0 Å². The molecule has 1 aromatic rings. The molecule has 11 nitrogen and oxygen atoms in total. The minimum Gasteiger partial charge on any atom is -0.406 e. The van der Waals surface area contributed by atoms with Gasteiger partial charge in [0, 0.05) is 18.3 Å². The zero-order valence-corrected chi connectivity index (χ0v) is 14.3. The summed E-state index contributed by atoms with van der Waals surface area (Å²) < 4.78 is 40.4. The number of anilines is 1. The molecule has 2 rings (SSSR count). The van der Waals surface area contributed by atoms with Crippen molar-refractivity contribution in [2.24, 2.45) is 0 Å². The molecule has 0 aromatic heterocycles. The first-order chi connectivity index (χ1) is 13.0. The number of nitrogens with one attached hydrogen (secondary N) is 3. The minimum atomic E-state index is -4.88. The summed E-state index contributed by atoms with van der Waals surface area (Å²) in [5.41, 5.74) is 5.36. The lowest BCUT2D eigenvalue weighted by molar-refractivity contribution is -0.742. The van der Waals surface area contributed by atoms with Crippen LogP contribution in [-0.2, 0) is 4.79 Å². The number of benzene rings is 1. The third-order valence-electron chi connectivity index (χ3n) is 3.34. The number of alkyl halides is 3. The number of hydrogen-bond donors (Lipinski definition) is 5. The van der Waals surface area contributed by atoms with E-state index in [0.717, 1.165) is 31.2 Å². The molecule has 1 heterocycles. The largest absolute Gasteiger partial charge is 0.573 e. The van der Waals surface area contributed by atoms with Crippen LogP contribution in [0, 0.1) is 10.1 Å². The van der Waals surface area contributed by atoms with Crippen LogP contribution in [0.25, 0.3) is 0 Å². The van der Waals surface area contributed by atoms with Gasteiger partial charge in [-0.2, -0.15) is 0 Å². The summed E-state index contributed by atoms with van der Waals surface area (Å²) in [6.45, 7) is 1.16. The minimum absolute atomic E-state index is 0.00276. The van der Waals surface area contributed by atoms with Crippen LogP contribution in [0.15, 0.2) is 18.2 Å². The maximum absolute atomic E-state index is 12.2. The molecule has 6 N–H and O–H groups in total. The molecule has 1 aromatic carbocycles. The van der Waals surface area contributed by atoms with Gasteiger partial charge in [0.25, 0.3) is 11.0 Å². The summed E-state index contributed by atoms with van der Waals surface area (Å²) >= 11 is 0. The fourth-order valence-electron chi connectivity index (χ4n) is 2.24. The zero-order valence-electron chi connectivity index (χ0n) is 14.3. The molecule has 0 bridgehead atoms. The number of halogens is 3. The number of nitrogens with zero attached hydrogens (tertiary/aromatic N) is 1. The molecular weight excluding hydrogens is 391 g/mol. The smallest absolute Gasteiger partial charge is 0.406 e. The van der Waals surface area contributed by atoms with Crippen molar-refractivity contribution in [2.45, 2.75) is 18.8 Å². The molecule has 0 saturated carbocycles. The van der Waals surface area contributed by atoms with E-state index < -0.39 is 29.0 Å². The maximum atomic E-state index is 12.2. The normalized spacial score (nSPS) is 15.8. The lowest BCUT2D eigenvalue weighted by Crippen LogP contribution is -2.42. The first-order valence-electron chi connectivity index (χ1n) is 7.74. The molecule has 0 radical (unpaired) electrons. The van der Waals surface area contributed by atoms with Gasteiger partial charge in [-0.25, -0.2) is 0 Å². The quantitative estimate of drug-likeness (QED) is 0.258. The van der Waals surface area contributed by atoms with Gasteiger partial charge in [-0.15, -0.1) is 23.3 Å². The number of carbonyl (C=O) groups excluding carboxylic acids is 2. The molecule has 156 valence electrons. The van der Waals surface area contributed by atoms with E-state index in [0.29, 0.717) is 6.54 Å². The van der Waals surface area contributed by atoms with Crippen molar-refractivity contribution < 1.29 is 37.8 Å². The molecule has 14 heteroatoms. The van der Waals surface area contributed by atoms with Crippen molar-refractivity contribution in [3.8, 4) is 5.75 Å². The molecule has 1 aliphatic rings. The first kappa shape index (κ1) is 22.8. The second-order valence-corrected chi connectivity index (χ2v) is 5.47. The van der Waals surface area contributed by atoms with Gasteiger partial charge < -0.3 is 31.6 Å². The molecule has 2 amide bonds. The summed E-state index contributed by atoms with van der Waals surface area (Å²) in [5, 5.41) is 21.8. The van der Waals surface area contributed by atoms with Gasteiger partial charge in [0.15, 0.2) is 0 Å². The average molecular weight is 409 g/mol. The van der Waals surface area contributed by atoms with E-state index in [1.54, 1.807) is 0 Å². The summed E-state index contributed by atoms with van der Waals surface area (Å²) in [5.74, 6) is -1.72. The Morgan fingerprint density at radius 1 is 1.43 bits per heavy atom. The van der Waals surface area contributed by atoms with Crippen molar-refractivity contribution >= 4 is 17.5 Å². The van der Waals surface area contributed by atoms with Crippen LogP contribution in [0.3, 0.4) is 0 Å². The van der Waals surface area contributed by atoms with E-state index in [1.165, 1.54) is 0 Å². The van der Waals surface area contributed by atoms with E-state index in [1.807, 2.05) is 0 Å². The number of nitrogen functional groups attached to an aromatic ring is 1. The highest BCUT2D eigenvalue weighted by Crippen LogP contribution is 2.26. The molecule has 28 heavy (non-hydrogen) atoms. The lowest BCUT2D eigenvalue weighted by atomic mass is 10.1. The van der Waals surface area contributed by atoms with Gasteiger partial charge >= 0.3 is 6.36 Å². The Kier molecular flexibility index (Phi) is 8.25. The van der Waals surface area contributed by atoms with Gasteiger partial charge in [-0.3, -0.25) is 9.59 Å². The predicted octanol–water partition coefficient (Wildman–Crippen LogP) is 0.0276. The van der Waals surface area contributed by atoms with Crippen LogP contribution >= 0.6 is 0 Å². The number of rotatable bonds is 5. The van der Waals surface area contributed by atoms with E-state index in [4.69, 9.17) is 21.1 Å². The molecule has 0 aliphatic carbocycles. The molecule has 0 unspecified atom stereocenters. The predicted molar refractivity (Wildman–Crippen MR) is 88.1 cm³/mol.